The molecule has 0 aliphatic carbocycles. The largest absolute Gasteiger partial charge is 0.459 e. The van der Waals surface area contributed by atoms with Crippen LogP contribution in [-0.4, -0.2) is 178 Å². The van der Waals surface area contributed by atoms with E-state index in [0.29, 0.717) is 32.1 Å². The minimum absolute atomic E-state index is 0.0216. The molecule has 3 aliphatic heterocycles. The molecule has 3 aliphatic rings. The Morgan fingerprint density at radius 1 is 0.567 bits per heavy atom. The first-order chi connectivity index (χ1) is 31.6. The highest BCUT2D eigenvalue weighted by molar-refractivity contribution is 7.53. The number of amides is 5. The molecule has 24 heteroatoms. The van der Waals surface area contributed by atoms with Crippen molar-refractivity contribution in [2.24, 2.45) is 0 Å². The van der Waals surface area contributed by atoms with Gasteiger partial charge in [0.15, 0.2) is 0 Å². The Bertz CT molecular complexity index is 1770. The minimum Gasteiger partial charge on any atom is -0.459 e. The van der Waals surface area contributed by atoms with Gasteiger partial charge in [0.05, 0.1) is 63.2 Å². The molecule has 5 unspecified atom stereocenters. The summed E-state index contributed by atoms with van der Waals surface area (Å²) in [6.07, 6.45) is -3.16. The SMILES string of the molecule is CCC(=O)CCC(=O)OC1C[C@H](C)O[C@@H]1COP(C)(=O)OC1C[C@H](C)O[C@@H]1COP(C)(=O)OC1C[C@H](C)O[C@@H]1CNC(=O)CN(CCNC(=O)CN(CCNC(=O)CC)C(=O)CC)C(=O)CC. The van der Waals surface area contributed by atoms with E-state index in [9.17, 15) is 42.7 Å². The van der Waals surface area contributed by atoms with Gasteiger partial charge in [0.2, 0.25) is 29.5 Å². The number of nitrogens with zero attached hydrogens (tertiary/aromatic N) is 2. The molecule has 22 nitrogen and oxygen atoms in total. The number of hydrogen-bond acceptors (Lipinski definition) is 17. The third-order valence-corrected chi connectivity index (χ3v) is 13.8. The molecule has 11 atom stereocenters. The Balaban J connectivity index is 1.48. The lowest BCUT2D eigenvalue weighted by Gasteiger charge is -2.27. The average molecular weight is 996 g/mol. The number of carbonyl (C=O) groups is 7. The summed E-state index contributed by atoms with van der Waals surface area (Å²) < 4.78 is 74.1. The van der Waals surface area contributed by atoms with Crippen molar-refractivity contribution in [1.29, 1.82) is 0 Å². The predicted molar refractivity (Wildman–Crippen MR) is 243 cm³/mol. The molecule has 0 radical (unpaired) electrons. The molecule has 0 aromatic heterocycles. The zero-order valence-corrected chi connectivity index (χ0v) is 42.4. The first-order valence-corrected chi connectivity index (χ1v) is 27.4. The average Bonchev–Trinajstić information content (AvgIpc) is 3.93. The number of carbonyl (C=O) groups excluding carboxylic acids is 7. The molecule has 0 bridgehead atoms. The fraction of sp³-hybridized carbons (Fsp3) is 0.837. The van der Waals surface area contributed by atoms with Crippen LogP contribution in [0.4, 0.5) is 0 Å². The van der Waals surface area contributed by atoms with Crippen molar-refractivity contribution in [2.45, 2.75) is 161 Å². The number of rotatable bonds is 30. The standard InChI is InChI=1S/C43H75N5O17P2/c1-10-31(49)14-15-43(55)63-32-20-28(5)61-36(32)26-58-67(9,57)65-34-22-30(7)62-37(34)27-59-66(8,56)64-33-21-29(6)60-35(33)23-46-40(52)25-48(42(54)13-4)19-17-45-39(51)24-47(41(53)12-3)18-16-44-38(50)11-2/h28-30,32-37H,10-27H2,1-9H3,(H,44,50)(H,45,51)(H,46,52)/t28-,29-,30-,32?,33?,34?,35+,36+,37+,66?,67?/m0/s1. The highest BCUT2D eigenvalue weighted by atomic mass is 31.2. The van der Waals surface area contributed by atoms with Crippen molar-refractivity contribution in [2.75, 3.05) is 72.4 Å². The fourth-order valence-electron chi connectivity index (χ4n) is 7.69. The van der Waals surface area contributed by atoms with Crippen LogP contribution in [0.15, 0.2) is 0 Å². The minimum atomic E-state index is -3.79. The molecule has 0 spiro atoms. The van der Waals surface area contributed by atoms with Crippen LogP contribution < -0.4 is 16.0 Å². The fourth-order valence-corrected chi connectivity index (χ4v) is 10.1. The molecule has 0 aromatic carbocycles. The van der Waals surface area contributed by atoms with Gasteiger partial charge in [-0.15, -0.1) is 0 Å². The van der Waals surface area contributed by atoms with Gasteiger partial charge in [0, 0.05) is 97.4 Å². The Morgan fingerprint density at radius 2 is 1.00 bits per heavy atom. The van der Waals surface area contributed by atoms with E-state index in [2.05, 4.69) is 16.0 Å². The quantitative estimate of drug-likeness (QED) is 0.0690. The van der Waals surface area contributed by atoms with Crippen molar-refractivity contribution < 1.29 is 79.7 Å². The number of ether oxygens (including phenoxy) is 4. The van der Waals surface area contributed by atoms with Crippen LogP contribution in [0.2, 0.25) is 0 Å². The van der Waals surface area contributed by atoms with Gasteiger partial charge in [-0.2, -0.15) is 0 Å². The van der Waals surface area contributed by atoms with E-state index in [1.165, 1.54) is 23.1 Å². The summed E-state index contributed by atoms with van der Waals surface area (Å²) in [5.74, 6) is -2.28. The zero-order chi connectivity index (χ0) is 49.9. The second kappa shape index (κ2) is 28.4. The molecule has 384 valence electrons. The molecular weight excluding hydrogens is 920 g/mol. The second-order valence-electron chi connectivity index (χ2n) is 17.2. The molecule has 3 heterocycles. The van der Waals surface area contributed by atoms with Crippen LogP contribution in [0.3, 0.4) is 0 Å². The maximum Gasteiger partial charge on any atom is 0.328 e. The van der Waals surface area contributed by atoms with E-state index in [4.69, 9.17) is 37.0 Å². The van der Waals surface area contributed by atoms with E-state index >= 15 is 0 Å². The van der Waals surface area contributed by atoms with E-state index in [1.807, 2.05) is 13.8 Å². The summed E-state index contributed by atoms with van der Waals surface area (Å²) >= 11 is 0. The van der Waals surface area contributed by atoms with Gasteiger partial charge >= 0.3 is 21.2 Å². The van der Waals surface area contributed by atoms with Gasteiger partial charge < -0.3 is 62.8 Å². The lowest BCUT2D eigenvalue weighted by Crippen LogP contribution is -2.48. The van der Waals surface area contributed by atoms with Crippen LogP contribution in [0.25, 0.3) is 0 Å². The lowest BCUT2D eigenvalue weighted by atomic mass is 10.1. The molecule has 0 aromatic rings. The highest BCUT2D eigenvalue weighted by Crippen LogP contribution is 2.51. The molecular formula is C43H75N5O17P2. The van der Waals surface area contributed by atoms with Crippen molar-refractivity contribution in [3.05, 3.63) is 0 Å². The number of esters is 1. The topological polar surface area (TPSA) is 270 Å². The van der Waals surface area contributed by atoms with Crippen molar-refractivity contribution in [1.82, 2.24) is 25.8 Å². The lowest BCUT2D eigenvalue weighted by molar-refractivity contribution is -0.153. The summed E-state index contributed by atoms with van der Waals surface area (Å²) in [6, 6.07) is 0. The smallest absolute Gasteiger partial charge is 0.328 e. The molecule has 3 N–H and O–H groups in total. The maximum absolute atomic E-state index is 13.7. The Hall–Kier alpha value is -3.33. The predicted octanol–water partition coefficient (Wildman–Crippen LogP) is 2.87. The third kappa shape index (κ3) is 21.1. The number of Topliss-reactive ketones (excluding diaryl/α,β-unsaturated/α-hetero) is 1. The molecule has 67 heavy (non-hydrogen) atoms. The molecule has 5 amide bonds. The van der Waals surface area contributed by atoms with Gasteiger partial charge in [-0.3, -0.25) is 42.7 Å². The van der Waals surface area contributed by atoms with Gasteiger partial charge in [-0.25, -0.2) is 0 Å². The molecule has 3 fully saturated rings. The normalized spacial score (nSPS) is 26.5. The maximum atomic E-state index is 13.7. The molecule has 3 rings (SSSR count). The highest BCUT2D eigenvalue weighted by Gasteiger charge is 2.43. The summed E-state index contributed by atoms with van der Waals surface area (Å²) in [6.45, 7) is 14.2. The zero-order valence-electron chi connectivity index (χ0n) is 40.7. The van der Waals surface area contributed by atoms with Crippen molar-refractivity contribution in [3.63, 3.8) is 0 Å². The summed E-state index contributed by atoms with van der Waals surface area (Å²) in [7, 11) is -7.53. The monoisotopic (exact) mass is 995 g/mol. The van der Waals surface area contributed by atoms with Crippen molar-refractivity contribution in [3.8, 4) is 0 Å². The summed E-state index contributed by atoms with van der Waals surface area (Å²) in [4.78, 5) is 89.3. The number of ketones is 1. The third-order valence-electron chi connectivity index (χ3n) is 11.3. The Kier molecular flexibility index (Phi) is 24.5. The first kappa shape index (κ1) is 58.0. The first-order valence-electron chi connectivity index (χ1n) is 23.4. The van der Waals surface area contributed by atoms with Crippen LogP contribution >= 0.6 is 15.2 Å². The van der Waals surface area contributed by atoms with Gasteiger partial charge in [-0.1, -0.05) is 27.7 Å². The van der Waals surface area contributed by atoms with Gasteiger partial charge in [0.25, 0.3) is 0 Å². The van der Waals surface area contributed by atoms with Crippen LogP contribution in [0.5, 0.6) is 0 Å². The summed E-state index contributed by atoms with van der Waals surface area (Å²) in [5.41, 5.74) is 0. The van der Waals surface area contributed by atoms with Crippen LogP contribution in [0.1, 0.15) is 106 Å². The Labute approximate surface area is 394 Å². The van der Waals surface area contributed by atoms with E-state index in [1.54, 1.807) is 34.6 Å². The number of nitrogens with one attached hydrogen (secondary N) is 3. The van der Waals surface area contributed by atoms with E-state index < -0.39 is 69.6 Å². The van der Waals surface area contributed by atoms with E-state index in [0.717, 1.165) is 0 Å². The molecule has 3 saturated heterocycles. The van der Waals surface area contributed by atoms with Crippen LogP contribution in [0, 0.1) is 0 Å². The van der Waals surface area contributed by atoms with Crippen LogP contribution in [-0.2, 0) is 79.7 Å². The van der Waals surface area contributed by atoms with Crippen molar-refractivity contribution >= 4 is 56.5 Å². The number of hydrogen-bond donors (Lipinski definition) is 3. The summed E-state index contributed by atoms with van der Waals surface area (Å²) in [5, 5.41) is 8.13. The Morgan fingerprint density at radius 3 is 1.48 bits per heavy atom. The van der Waals surface area contributed by atoms with Gasteiger partial charge in [-0.05, 0) is 20.8 Å². The van der Waals surface area contributed by atoms with Gasteiger partial charge in [0.1, 0.15) is 30.2 Å². The second-order valence-corrected chi connectivity index (χ2v) is 21.2. The van der Waals surface area contributed by atoms with E-state index in [-0.39, 0.29) is 127 Å². The molecule has 0 saturated carbocycles.